The Morgan fingerprint density at radius 1 is 1.53 bits per heavy atom. The molecule has 1 aliphatic heterocycles. The van der Waals surface area contributed by atoms with Crippen molar-refractivity contribution in [3.8, 4) is 0 Å². The SMILES string of the molecule is CC(c1ccccn1)C1CCC(CN)O1. The Morgan fingerprint density at radius 3 is 3.00 bits per heavy atom. The average Bonchev–Trinajstić information content (AvgIpc) is 2.78. The van der Waals surface area contributed by atoms with Gasteiger partial charge in [-0.1, -0.05) is 13.0 Å². The molecular weight excluding hydrogens is 188 g/mol. The molecule has 0 spiro atoms. The van der Waals surface area contributed by atoms with Crippen LogP contribution in [0.3, 0.4) is 0 Å². The van der Waals surface area contributed by atoms with Crippen molar-refractivity contribution >= 4 is 0 Å². The third-order valence-electron chi connectivity index (χ3n) is 3.12. The number of hydrogen-bond donors (Lipinski definition) is 1. The predicted molar refractivity (Wildman–Crippen MR) is 59.6 cm³/mol. The van der Waals surface area contributed by atoms with Crippen LogP contribution < -0.4 is 5.73 Å². The van der Waals surface area contributed by atoms with Crippen LogP contribution in [0.1, 0.15) is 31.4 Å². The second kappa shape index (κ2) is 4.73. The van der Waals surface area contributed by atoms with Crippen molar-refractivity contribution in [2.75, 3.05) is 6.54 Å². The van der Waals surface area contributed by atoms with Gasteiger partial charge in [-0.25, -0.2) is 0 Å². The summed E-state index contributed by atoms with van der Waals surface area (Å²) in [5.74, 6) is 0.364. The Kier molecular flexibility index (Phi) is 3.34. The Labute approximate surface area is 90.7 Å². The summed E-state index contributed by atoms with van der Waals surface area (Å²) in [6, 6.07) is 6.02. The van der Waals surface area contributed by atoms with Crippen LogP contribution in [-0.2, 0) is 4.74 Å². The minimum absolute atomic E-state index is 0.251. The standard InChI is InChI=1S/C12H18N2O/c1-9(11-4-2-3-7-14-11)12-6-5-10(8-13)15-12/h2-4,7,9-10,12H,5-6,8,13H2,1H3. The average molecular weight is 206 g/mol. The highest BCUT2D eigenvalue weighted by molar-refractivity contribution is 5.10. The fourth-order valence-corrected chi connectivity index (χ4v) is 2.11. The Balaban J connectivity index is 2.00. The molecular formula is C12H18N2O. The lowest BCUT2D eigenvalue weighted by Gasteiger charge is -2.19. The van der Waals surface area contributed by atoms with Gasteiger partial charge >= 0.3 is 0 Å². The zero-order valence-corrected chi connectivity index (χ0v) is 9.10. The van der Waals surface area contributed by atoms with Gasteiger partial charge in [0, 0.05) is 24.4 Å². The van der Waals surface area contributed by atoms with Gasteiger partial charge in [0.15, 0.2) is 0 Å². The summed E-state index contributed by atoms with van der Waals surface area (Å²) in [5.41, 5.74) is 6.71. The Bertz CT molecular complexity index is 302. The van der Waals surface area contributed by atoms with E-state index in [1.54, 1.807) is 0 Å². The molecule has 3 nitrogen and oxygen atoms in total. The minimum Gasteiger partial charge on any atom is -0.373 e. The molecule has 0 bridgehead atoms. The summed E-state index contributed by atoms with van der Waals surface area (Å²) in [5, 5.41) is 0. The lowest BCUT2D eigenvalue weighted by atomic mass is 9.98. The number of ether oxygens (including phenoxy) is 1. The smallest absolute Gasteiger partial charge is 0.0702 e. The van der Waals surface area contributed by atoms with E-state index in [1.807, 2.05) is 18.3 Å². The van der Waals surface area contributed by atoms with Crippen LogP contribution in [0, 0.1) is 0 Å². The van der Waals surface area contributed by atoms with Crippen LogP contribution in [0.15, 0.2) is 24.4 Å². The molecule has 1 aromatic heterocycles. The zero-order valence-electron chi connectivity index (χ0n) is 9.10. The van der Waals surface area contributed by atoms with Crippen molar-refractivity contribution in [3.05, 3.63) is 30.1 Å². The van der Waals surface area contributed by atoms with Crippen molar-refractivity contribution in [2.45, 2.75) is 37.9 Å². The van der Waals surface area contributed by atoms with Crippen LogP contribution in [0.2, 0.25) is 0 Å². The molecule has 1 fully saturated rings. The van der Waals surface area contributed by atoms with Crippen LogP contribution >= 0.6 is 0 Å². The molecule has 3 heteroatoms. The Morgan fingerprint density at radius 2 is 2.40 bits per heavy atom. The number of aromatic nitrogens is 1. The molecule has 82 valence electrons. The zero-order chi connectivity index (χ0) is 10.7. The number of pyridine rings is 1. The Hall–Kier alpha value is -0.930. The summed E-state index contributed by atoms with van der Waals surface area (Å²) < 4.78 is 5.86. The molecule has 0 radical (unpaired) electrons. The van der Waals surface area contributed by atoms with Gasteiger partial charge < -0.3 is 10.5 Å². The van der Waals surface area contributed by atoms with Crippen LogP contribution in [-0.4, -0.2) is 23.7 Å². The summed E-state index contributed by atoms with van der Waals surface area (Å²) >= 11 is 0. The number of nitrogens with two attached hydrogens (primary N) is 1. The van der Waals surface area contributed by atoms with Gasteiger partial charge in [0.1, 0.15) is 0 Å². The summed E-state index contributed by atoms with van der Waals surface area (Å²) in [6.45, 7) is 2.80. The van der Waals surface area contributed by atoms with Gasteiger partial charge in [0.2, 0.25) is 0 Å². The third kappa shape index (κ3) is 2.36. The van der Waals surface area contributed by atoms with Gasteiger partial charge in [-0.05, 0) is 25.0 Å². The van der Waals surface area contributed by atoms with Crippen LogP contribution in [0.4, 0.5) is 0 Å². The molecule has 0 amide bonds. The highest BCUT2D eigenvalue weighted by Crippen LogP contribution is 2.30. The maximum atomic E-state index is 5.86. The summed E-state index contributed by atoms with van der Waals surface area (Å²) in [4.78, 5) is 4.36. The maximum absolute atomic E-state index is 5.86. The summed E-state index contributed by atoms with van der Waals surface area (Å²) in [6.07, 6.45) is 4.55. The number of rotatable bonds is 3. The van der Waals surface area contributed by atoms with Crippen molar-refractivity contribution in [1.82, 2.24) is 4.98 Å². The molecule has 0 saturated carbocycles. The fraction of sp³-hybridized carbons (Fsp3) is 0.583. The lowest BCUT2D eigenvalue weighted by molar-refractivity contribution is 0.0366. The highest BCUT2D eigenvalue weighted by Gasteiger charge is 2.29. The quantitative estimate of drug-likeness (QED) is 0.818. The first-order valence-corrected chi connectivity index (χ1v) is 5.57. The molecule has 15 heavy (non-hydrogen) atoms. The van der Waals surface area contributed by atoms with Gasteiger partial charge in [0.25, 0.3) is 0 Å². The van der Waals surface area contributed by atoms with E-state index in [4.69, 9.17) is 10.5 Å². The molecule has 2 heterocycles. The van der Waals surface area contributed by atoms with Gasteiger partial charge in [-0.15, -0.1) is 0 Å². The van der Waals surface area contributed by atoms with Gasteiger partial charge in [-0.2, -0.15) is 0 Å². The molecule has 2 rings (SSSR count). The molecule has 2 N–H and O–H groups in total. The van der Waals surface area contributed by atoms with Crippen LogP contribution in [0.5, 0.6) is 0 Å². The molecule has 1 aromatic rings. The third-order valence-corrected chi connectivity index (χ3v) is 3.12. The van der Waals surface area contributed by atoms with Gasteiger partial charge in [0.05, 0.1) is 12.2 Å². The molecule has 0 aromatic carbocycles. The largest absolute Gasteiger partial charge is 0.373 e. The molecule has 1 saturated heterocycles. The summed E-state index contributed by atoms with van der Waals surface area (Å²) in [7, 11) is 0. The number of hydrogen-bond acceptors (Lipinski definition) is 3. The van der Waals surface area contributed by atoms with E-state index < -0.39 is 0 Å². The first-order valence-electron chi connectivity index (χ1n) is 5.57. The predicted octanol–water partition coefficient (Wildman–Crippen LogP) is 1.69. The maximum Gasteiger partial charge on any atom is 0.0702 e. The van der Waals surface area contributed by atoms with E-state index >= 15 is 0 Å². The number of nitrogens with zero attached hydrogens (tertiary/aromatic N) is 1. The van der Waals surface area contributed by atoms with E-state index in [-0.39, 0.29) is 12.2 Å². The van der Waals surface area contributed by atoms with E-state index in [1.165, 1.54) is 0 Å². The van der Waals surface area contributed by atoms with E-state index in [2.05, 4.69) is 18.0 Å². The van der Waals surface area contributed by atoms with Crippen molar-refractivity contribution in [2.24, 2.45) is 5.73 Å². The van der Waals surface area contributed by atoms with Gasteiger partial charge in [-0.3, -0.25) is 4.98 Å². The monoisotopic (exact) mass is 206 g/mol. The highest BCUT2D eigenvalue weighted by atomic mass is 16.5. The topological polar surface area (TPSA) is 48.1 Å². The van der Waals surface area contributed by atoms with E-state index in [9.17, 15) is 0 Å². The molecule has 1 aliphatic rings. The lowest BCUT2D eigenvalue weighted by Crippen LogP contribution is -2.23. The van der Waals surface area contributed by atoms with Crippen LogP contribution in [0.25, 0.3) is 0 Å². The molecule has 0 aliphatic carbocycles. The van der Waals surface area contributed by atoms with Crippen molar-refractivity contribution < 1.29 is 4.74 Å². The van der Waals surface area contributed by atoms with E-state index in [0.29, 0.717) is 12.5 Å². The molecule has 3 atom stereocenters. The minimum atomic E-state index is 0.251. The fourth-order valence-electron chi connectivity index (χ4n) is 2.11. The van der Waals surface area contributed by atoms with E-state index in [0.717, 1.165) is 18.5 Å². The first-order chi connectivity index (χ1) is 7.31. The van der Waals surface area contributed by atoms with Crippen molar-refractivity contribution in [1.29, 1.82) is 0 Å². The molecule has 3 unspecified atom stereocenters. The second-order valence-corrected chi connectivity index (χ2v) is 4.15. The normalized spacial score (nSPS) is 27.9. The van der Waals surface area contributed by atoms with Crippen molar-refractivity contribution in [3.63, 3.8) is 0 Å². The second-order valence-electron chi connectivity index (χ2n) is 4.15. The first kappa shape index (κ1) is 10.6.